The van der Waals surface area contributed by atoms with Crippen LogP contribution in [-0.4, -0.2) is 69.9 Å². The lowest BCUT2D eigenvalue weighted by Gasteiger charge is -2.33. The number of urea groups is 1. The van der Waals surface area contributed by atoms with Crippen LogP contribution in [0.3, 0.4) is 0 Å². The Morgan fingerprint density at radius 2 is 1.66 bits per heavy atom. The maximum absolute atomic E-state index is 13.6. The summed E-state index contributed by atoms with van der Waals surface area (Å²) in [4.78, 5) is 66.8. The maximum atomic E-state index is 13.6. The average Bonchev–Trinajstić information content (AvgIpc) is 3.35. The largest absolute Gasteiger partial charge is 0.444 e. The van der Waals surface area contributed by atoms with E-state index in [0.29, 0.717) is 18.5 Å². The SMILES string of the molecule is CN1C(=O)NC(=O)[C@@]12Cc1ccc(NC(=O)CN(Cc3ccccc3)C(=O)C(C)(C)NC(=O)OC(C)(C)C)cc1C2. The first-order valence-electron chi connectivity index (χ1n) is 13.4. The van der Waals surface area contributed by atoms with Crippen molar-refractivity contribution in [3.8, 4) is 0 Å². The van der Waals surface area contributed by atoms with Gasteiger partial charge in [-0.25, -0.2) is 9.59 Å². The van der Waals surface area contributed by atoms with Crippen LogP contribution in [0.1, 0.15) is 51.3 Å². The summed E-state index contributed by atoms with van der Waals surface area (Å²) < 4.78 is 5.33. The fourth-order valence-electron chi connectivity index (χ4n) is 5.16. The van der Waals surface area contributed by atoms with Crippen molar-refractivity contribution in [2.75, 3.05) is 18.9 Å². The highest BCUT2D eigenvalue weighted by Crippen LogP contribution is 2.38. The van der Waals surface area contributed by atoms with Crippen molar-refractivity contribution in [1.82, 2.24) is 20.4 Å². The summed E-state index contributed by atoms with van der Waals surface area (Å²) in [6, 6.07) is 14.2. The molecule has 2 aromatic carbocycles. The highest BCUT2D eigenvalue weighted by molar-refractivity contribution is 6.07. The minimum absolute atomic E-state index is 0.148. The fourth-order valence-corrected chi connectivity index (χ4v) is 5.16. The minimum Gasteiger partial charge on any atom is -0.444 e. The van der Waals surface area contributed by atoms with Crippen LogP contribution in [0.2, 0.25) is 0 Å². The summed E-state index contributed by atoms with van der Waals surface area (Å²) in [5.41, 5.74) is 0.0528. The van der Waals surface area contributed by atoms with Gasteiger partial charge in [0.15, 0.2) is 0 Å². The number of imide groups is 1. The van der Waals surface area contributed by atoms with E-state index in [0.717, 1.165) is 16.7 Å². The molecular formula is C30H37N5O6. The van der Waals surface area contributed by atoms with Crippen molar-refractivity contribution in [3.63, 3.8) is 0 Å². The second kappa shape index (κ2) is 10.9. The van der Waals surface area contributed by atoms with Crippen LogP contribution in [0, 0.1) is 0 Å². The van der Waals surface area contributed by atoms with Gasteiger partial charge < -0.3 is 25.2 Å². The molecule has 2 aromatic rings. The van der Waals surface area contributed by atoms with Gasteiger partial charge in [0.1, 0.15) is 23.2 Å². The number of nitrogens with one attached hydrogen (secondary N) is 3. The van der Waals surface area contributed by atoms with E-state index in [1.165, 1.54) is 9.80 Å². The number of hydrogen-bond donors (Lipinski definition) is 3. The van der Waals surface area contributed by atoms with Crippen LogP contribution < -0.4 is 16.0 Å². The van der Waals surface area contributed by atoms with Crippen LogP contribution in [0.15, 0.2) is 48.5 Å². The molecule has 1 saturated heterocycles. The molecule has 11 nitrogen and oxygen atoms in total. The van der Waals surface area contributed by atoms with Gasteiger partial charge in [-0.1, -0.05) is 36.4 Å². The Hall–Kier alpha value is -4.41. The van der Waals surface area contributed by atoms with Gasteiger partial charge in [-0.15, -0.1) is 0 Å². The Bertz CT molecular complexity index is 1380. The van der Waals surface area contributed by atoms with Gasteiger partial charge >= 0.3 is 12.1 Å². The van der Waals surface area contributed by atoms with Crippen molar-refractivity contribution in [3.05, 3.63) is 65.2 Å². The molecule has 0 bridgehead atoms. The van der Waals surface area contributed by atoms with E-state index in [-0.39, 0.29) is 19.0 Å². The molecule has 11 heteroatoms. The molecule has 4 rings (SSSR count). The number of amides is 6. The predicted octanol–water partition coefficient (Wildman–Crippen LogP) is 2.98. The van der Waals surface area contributed by atoms with E-state index in [9.17, 15) is 24.0 Å². The molecule has 3 N–H and O–H groups in total. The molecule has 0 saturated carbocycles. The van der Waals surface area contributed by atoms with Gasteiger partial charge in [-0.2, -0.15) is 0 Å². The second-order valence-corrected chi connectivity index (χ2v) is 12.1. The summed E-state index contributed by atoms with van der Waals surface area (Å²) in [7, 11) is 1.60. The van der Waals surface area contributed by atoms with Gasteiger partial charge in [0.05, 0.1) is 0 Å². The average molecular weight is 564 g/mol. The molecule has 1 spiro atoms. The van der Waals surface area contributed by atoms with E-state index >= 15 is 0 Å². The van der Waals surface area contributed by atoms with Crippen molar-refractivity contribution in [2.45, 2.75) is 70.7 Å². The van der Waals surface area contributed by atoms with Crippen LogP contribution in [0.5, 0.6) is 0 Å². The Kier molecular flexibility index (Phi) is 7.84. The molecule has 1 fully saturated rings. The number of ether oxygens (including phenoxy) is 1. The number of anilines is 1. The summed E-state index contributed by atoms with van der Waals surface area (Å²) in [6.45, 7) is 8.19. The lowest BCUT2D eigenvalue weighted by molar-refractivity contribution is -0.140. The molecular weight excluding hydrogens is 526 g/mol. The Morgan fingerprint density at radius 1 is 1.00 bits per heavy atom. The third kappa shape index (κ3) is 6.50. The number of fused-ring (bicyclic) bond motifs is 1. The molecule has 41 heavy (non-hydrogen) atoms. The van der Waals surface area contributed by atoms with Crippen molar-refractivity contribution >= 4 is 35.5 Å². The molecule has 1 aliphatic heterocycles. The topological polar surface area (TPSA) is 137 Å². The van der Waals surface area contributed by atoms with E-state index in [1.807, 2.05) is 36.4 Å². The van der Waals surface area contributed by atoms with Crippen LogP contribution in [0.25, 0.3) is 0 Å². The lowest BCUT2D eigenvalue weighted by atomic mass is 9.95. The van der Waals surface area contributed by atoms with Crippen LogP contribution in [0.4, 0.5) is 15.3 Å². The lowest BCUT2D eigenvalue weighted by Crippen LogP contribution is -2.57. The molecule has 1 heterocycles. The van der Waals surface area contributed by atoms with Gasteiger partial charge in [0.25, 0.3) is 5.91 Å². The zero-order chi connectivity index (χ0) is 30.2. The number of benzene rings is 2. The Labute approximate surface area is 239 Å². The maximum Gasteiger partial charge on any atom is 0.408 e. The summed E-state index contributed by atoms with van der Waals surface area (Å²) in [5, 5.41) is 7.84. The van der Waals surface area contributed by atoms with Crippen LogP contribution >= 0.6 is 0 Å². The molecule has 2 aliphatic rings. The molecule has 1 atom stereocenters. The normalized spacial score (nSPS) is 18.1. The van der Waals surface area contributed by atoms with Gasteiger partial charge in [-0.05, 0) is 63.4 Å². The third-order valence-corrected chi connectivity index (χ3v) is 7.23. The molecule has 0 aromatic heterocycles. The Balaban J connectivity index is 1.48. The molecule has 0 unspecified atom stereocenters. The smallest absolute Gasteiger partial charge is 0.408 e. The summed E-state index contributed by atoms with van der Waals surface area (Å²) in [5.74, 6) is -1.22. The van der Waals surface area contributed by atoms with E-state index in [4.69, 9.17) is 4.74 Å². The van der Waals surface area contributed by atoms with Crippen molar-refractivity contribution < 1.29 is 28.7 Å². The number of likely N-dealkylation sites (N-methyl/N-ethyl adjacent to an activating group) is 1. The quantitative estimate of drug-likeness (QED) is 0.443. The molecule has 1 aliphatic carbocycles. The highest BCUT2D eigenvalue weighted by atomic mass is 16.6. The van der Waals surface area contributed by atoms with Gasteiger partial charge in [-0.3, -0.25) is 19.7 Å². The fraction of sp³-hybridized carbons (Fsp3) is 0.433. The first-order chi connectivity index (χ1) is 19.1. The zero-order valence-electron chi connectivity index (χ0n) is 24.3. The van der Waals surface area contributed by atoms with Crippen molar-refractivity contribution in [2.24, 2.45) is 0 Å². The number of rotatable bonds is 7. The van der Waals surface area contributed by atoms with Crippen LogP contribution in [-0.2, 0) is 38.5 Å². The van der Waals surface area contributed by atoms with Gasteiger partial charge in [0, 0.05) is 32.1 Å². The number of hydrogen-bond acceptors (Lipinski definition) is 6. The minimum atomic E-state index is -1.36. The van der Waals surface area contributed by atoms with Gasteiger partial charge in [0.2, 0.25) is 11.8 Å². The number of alkyl carbamates (subject to hydrolysis) is 1. The highest BCUT2D eigenvalue weighted by Gasteiger charge is 2.54. The molecule has 6 amide bonds. The number of carbonyl (C=O) groups excluding carboxylic acids is 5. The third-order valence-electron chi connectivity index (χ3n) is 7.23. The first-order valence-corrected chi connectivity index (χ1v) is 13.4. The monoisotopic (exact) mass is 563 g/mol. The number of nitrogens with zero attached hydrogens (tertiary/aromatic N) is 2. The van der Waals surface area contributed by atoms with E-state index in [1.54, 1.807) is 53.8 Å². The zero-order valence-corrected chi connectivity index (χ0v) is 24.3. The van der Waals surface area contributed by atoms with E-state index in [2.05, 4.69) is 16.0 Å². The predicted molar refractivity (Wildman–Crippen MR) is 152 cm³/mol. The molecule has 218 valence electrons. The summed E-state index contributed by atoms with van der Waals surface area (Å²) >= 11 is 0. The van der Waals surface area contributed by atoms with E-state index < -0.39 is 40.6 Å². The standard InChI is InChI=1S/C30H37N5O6/c1-28(2,3)41-27(40)33-29(4,5)25(38)35(17-19-10-8-7-9-11-19)18-23(36)31-22-13-12-20-15-30(16-21(20)14-22)24(37)32-26(39)34(30)6/h7-14H,15-18H2,1-6H3,(H,31,36)(H,33,40)(H,32,37,39)/t30-/m0/s1. The first kappa shape index (κ1) is 29.6. The summed E-state index contributed by atoms with van der Waals surface area (Å²) in [6.07, 6.45) is -0.00774. The number of carbonyl (C=O) groups is 5. The van der Waals surface area contributed by atoms with Crippen molar-refractivity contribution in [1.29, 1.82) is 0 Å². The second-order valence-electron chi connectivity index (χ2n) is 12.1. The molecule has 0 radical (unpaired) electrons. The Morgan fingerprint density at radius 3 is 2.27 bits per heavy atom.